The molecule has 4 rings (SSSR count). The Hall–Kier alpha value is -3.27. The summed E-state index contributed by atoms with van der Waals surface area (Å²) in [5.41, 5.74) is 2.00. The van der Waals surface area contributed by atoms with Crippen molar-refractivity contribution in [1.82, 2.24) is 9.97 Å². The van der Waals surface area contributed by atoms with Gasteiger partial charge in [0.05, 0.1) is 22.9 Å². The molecule has 0 bridgehead atoms. The number of anilines is 1. The third kappa shape index (κ3) is 4.74. The smallest absolute Gasteiger partial charge is 0.257 e. The number of hydrogen-bond donors (Lipinski definition) is 3. The Kier molecular flexibility index (Phi) is 5.99. The summed E-state index contributed by atoms with van der Waals surface area (Å²) in [5, 5.41) is 21.4. The minimum absolute atomic E-state index is 0.0955. The van der Waals surface area contributed by atoms with Crippen LogP contribution in [0.5, 0.6) is 0 Å². The van der Waals surface area contributed by atoms with E-state index < -0.39 is 24.4 Å². The molecular weight excluding hydrogens is 424 g/mol. The molecule has 0 radical (unpaired) electrons. The number of aliphatic hydroxyl groups is 2. The normalized spacial score (nSPS) is 12.1. The van der Waals surface area contributed by atoms with Gasteiger partial charge >= 0.3 is 0 Å². The zero-order chi connectivity index (χ0) is 22.0. The standard InChI is InChI=1S/C22H17F2N3O3S/c23-15-5-6-18-19(9-15)31-22(26-18)27-21(30)14-3-1-13(2-4-14)20-17(24)8-12(10-25-20)7-16(29)11-28/h1-6,8-10,16,28-29H,7,11H2,(H,26,27,30). The topological polar surface area (TPSA) is 95.3 Å². The first kappa shape index (κ1) is 21.0. The predicted octanol–water partition coefficient (Wildman–Crippen LogP) is 3.78. The van der Waals surface area contributed by atoms with Crippen LogP contribution >= 0.6 is 11.3 Å². The predicted molar refractivity (Wildman–Crippen MR) is 114 cm³/mol. The van der Waals surface area contributed by atoms with E-state index in [1.54, 1.807) is 30.3 Å². The number of carbonyl (C=O) groups is 1. The van der Waals surface area contributed by atoms with Gasteiger partial charge in [-0.25, -0.2) is 13.8 Å². The van der Waals surface area contributed by atoms with E-state index in [9.17, 15) is 18.7 Å². The van der Waals surface area contributed by atoms with Crippen LogP contribution in [0, 0.1) is 11.6 Å². The van der Waals surface area contributed by atoms with Crippen LogP contribution < -0.4 is 5.32 Å². The number of aromatic nitrogens is 2. The molecule has 158 valence electrons. The van der Waals surface area contributed by atoms with Crippen LogP contribution in [0.2, 0.25) is 0 Å². The van der Waals surface area contributed by atoms with Crippen LogP contribution in [0.3, 0.4) is 0 Å². The van der Waals surface area contributed by atoms with E-state index in [-0.39, 0.29) is 17.9 Å². The Morgan fingerprint density at radius 2 is 1.90 bits per heavy atom. The molecule has 2 aromatic heterocycles. The Balaban J connectivity index is 1.48. The molecule has 0 spiro atoms. The number of fused-ring (bicyclic) bond motifs is 1. The molecule has 2 heterocycles. The molecule has 1 unspecified atom stereocenters. The summed E-state index contributed by atoms with van der Waals surface area (Å²) in [6.45, 7) is -0.416. The van der Waals surface area contributed by atoms with Crippen LogP contribution in [-0.4, -0.2) is 38.8 Å². The molecule has 0 aliphatic rings. The largest absolute Gasteiger partial charge is 0.394 e. The van der Waals surface area contributed by atoms with Crippen LogP contribution in [-0.2, 0) is 6.42 Å². The van der Waals surface area contributed by atoms with Crippen molar-refractivity contribution in [3.63, 3.8) is 0 Å². The van der Waals surface area contributed by atoms with Crippen molar-refractivity contribution in [3.05, 3.63) is 77.5 Å². The van der Waals surface area contributed by atoms with Crippen molar-refractivity contribution < 1.29 is 23.8 Å². The van der Waals surface area contributed by atoms with Gasteiger partial charge in [0.15, 0.2) is 5.13 Å². The van der Waals surface area contributed by atoms with Crippen molar-refractivity contribution in [2.45, 2.75) is 12.5 Å². The minimum atomic E-state index is -0.973. The van der Waals surface area contributed by atoms with E-state index in [0.29, 0.717) is 32.0 Å². The number of nitrogens with zero attached hydrogens (tertiary/aromatic N) is 2. The number of thiazole rings is 1. The Morgan fingerprint density at radius 1 is 1.13 bits per heavy atom. The summed E-state index contributed by atoms with van der Waals surface area (Å²) < 4.78 is 28.4. The fourth-order valence-electron chi connectivity index (χ4n) is 3.04. The highest BCUT2D eigenvalue weighted by Gasteiger charge is 2.13. The third-order valence-corrected chi connectivity index (χ3v) is 5.50. The van der Waals surface area contributed by atoms with Gasteiger partial charge in [-0.2, -0.15) is 0 Å². The Bertz CT molecular complexity index is 1240. The van der Waals surface area contributed by atoms with E-state index in [0.717, 1.165) is 0 Å². The van der Waals surface area contributed by atoms with Crippen LogP contribution in [0.4, 0.5) is 13.9 Å². The van der Waals surface area contributed by atoms with Crippen molar-refractivity contribution in [3.8, 4) is 11.3 Å². The molecule has 0 saturated carbocycles. The third-order valence-electron chi connectivity index (χ3n) is 4.57. The fraction of sp³-hybridized carbons (Fsp3) is 0.136. The monoisotopic (exact) mass is 441 g/mol. The molecule has 1 amide bonds. The van der Waals surface area contributed by atoms with E-state index in [2.05, 4.69) is 15.3 Å². The van der Waals surface area contributed by atoms with E-state index in [4.69, 9.17) is 5.11 Å². The molecule has 0 fully saturated rings. The average Bonchev–Trinajstić information content (AvgIpc) is 3.15. The summed E-state index contributed by atoms with van der Waals surface area (Å²) in [4.78, 5) is 20.9. The fourth-order valence-corrected chi connectivity index (χ4v) is 3.92. The maximum Gasteiger partial charge on any atom is 0.257 e. The van der Waals surface area contributed by atoms with Crippen molar-refractivity contribution >= 4 is 32.6 Å². The van der Waals surface area contributed by atoms with Crippen LogP contribution in [0.25, 0.3) is 21.5 Å². The van der Waals surface area contributed by atoms with Gasteiger partial charge in [0.1, 0.15) is 17.3 Å². The van der Waals surface area contributed by atoms with Gasteiger partial charge < -0.3 is 10.2 Å². The number of amides is 1. The lowest BCUT2D eigenvalue weighted by Gasteiger charge is -2.09. The van der Waals surface area contributed by atoms with Gasteiger partial charge in [0, 0.05) is 23.7 Å². The number of aliphatic hydroxyl groups excluding tert-OH is 2. The molecular formula is C22H17F2N3O3S. The highest BCUT2D eigenvalue weighted by molar-refractivity contribution is 7.22. The van der Waals surface area contributed by atoms with E-state index >= 15 is 0 Å². The molecule has 31 heavy (non-hydrogen) atoms. The molecule has 3 N–H and O–H groups in total. The van der Waals surface area contributed by atoms with E-state index in [1.807, 2.05) is 0 Å². The lowest BCUT2D eigenvalue weighted by molar-refractivity contribution is 0.0954. The van der Waals surface area contributed by atoms with Gasteiger partial charge in [-0.15, -0.1) is 0 Å². The molecule has 6 nitrogen and oxygen atoms in total. The number of nitrogens with one attached hydrogen (secondary N) is 1. The number of halogens is 2. The molecule has 2 aromatic carbocycles. The number of carbonyl (C=O) groups excluding carboxylic acids is 1. The van der Waals surface area contributed by atoms with Crippen molar-refractivity contribution in [2.24, 2.45) is 0 Å². The molecule has 0 aliphatic heterocycles. The summed E-state index contributed by atoms with van der Waals surface area (Å²) >= 11 is 1.17. The molecule has 4 aromatic rings. The SMILES string of the molecule is O=C(Nc1nc2ccc(F)cc2s1)c1ccc(-c2ncc(CC(O)CO)cc2F)cc1. The highest BCUT2D eigenvalue weighted by atomic mass is 32.1. The Labute approximate surface area is 179 Å². The first-order valence-electron chi connectivity index (χ1n) is 9.34. The zero-order valence-corrected chi connectivity index (χ0v) is 16.9. The maximum atomic E-state index is 14.4. The minimum Gasteiger partial charge on any atom is -0.394 e. The summed E-state index contributed by atoms with van der Waals surface area (Å²) in [5.74, 6) is -1.34. The molecule has 0 aliphatic carbocycles. The second-order valence-corrected chi connectivity index (χ2v) is 7.91. The van der Waals surface area contributed by atoms with Gasteiger partial charge in [-0.1, -0.05) is 23.5 Å². The van der Waals surface area contributed by atoms with Gasteiger partial charge in [0.2, 0.25) is 0 Å². The zero-order valence-electron chi connectivity index (χ0n) is 16.0. The average molecular weight is 441 g/mol. The summed E-state index contributed by atoms with van der Waals surface area (Å²) in [6.07, 6.45) is 0.561. The molecule has 0 saturated heterocycles. The van der Waals surface area contributed by atoms with E-state index in [1.165, 1.54) is 35.7 Å². The van der Waals surface area contributed by atoms with Crippen LogP contribution in [0.15, 0.2) is 54.7 Å². The van der Waals surface area contributed by atoms with Gasteiger partial charge in [-0.3, -0.25) is 15.1 Å². The second-order valence-electron chi connectivity index (χ2n) is 6.88. The second kappa shape index (κ2) is 8.84. The summed E-state index contributed by atoms with van der Waals surface area (Å²) in [7, 11) is 0. The number of hydrogen-bond acceptors (Lipinski definition) is 6. The first-order valence-corrected chi connectivity index (χ1v) is 10.2. The first-order chi connectivity index (χ1) is 14.9. The van der Waals surface area contributed by atoms with Crippen LogP contribution in [0.1, 0.15) is 15.9 Å². The highest BCUT2D eigenvalue weighted by Crippen LogP contribution is 2.27. The number of benzene rings is 2. The number of rotatable bonds is 6. The quantitative estimate of drug-likeness (QED) is 0.423. The van der Waals surface area contributed by atoms with Crippen molar-refractivity contribution in [2.75, 3.05) is 11.9 Å². The van der Waals surface area contributed by atoms with Crippen molar-refractivity contribution in [1.29, 1.82) is 0 Å². The Morgan fingerprint density at radius 3 is 2.61 bits per heavy atom. The number of pyridine rings is 1. The summed E-state index contributed by atoms with van der Waals surface area (Å²) in [6, 6.07) is 11.7. The lowest BCUT2D eigenvalue weighted by atomic mass is 10.1. The lowest BCUT2D eigenvalue weighted by Crippen LogP contribution is -2.15. The maximum absolute atomic E-state index is 14.4. The molecule has 1 atom stereocenters. The van der Waals surface area contributed by atoms with Gasteiger partial charge in [0.25, 0.3) is 5.91 Å². The van der Waals surface area contributed by atoms with Gasteiger partial charge in [-0.05, 0) is 42.0 Å². The molecule has 9 heteroatoms.